The molecule has 82 valence electrons. The summed E-state index contributed by atoms with van der Waals surface area (Å²) in [5.74, 6) is 0. The Morgan fingerprint density at radius 3 is 2.44 bits per heavy atom. The molecule has 2 N–H and O–H groups in total. The van der Waals surface area contributed by atoms with Crippen molar-refractivity contribution >= 4 is 15.9 Å². The van der Waals surface area contributed by atoms with Crippen LogP contribution in [0.1, 0.15) is 17.2 Å². The minimum Gasteiger partial charge on any atom is -0.324 e. The number of halogens is 1. The van der Waals surface area contributed by atoms with Gasteiger partial charge in [-0.2, -0.15) is 0 Å². The van der Waals surface area contributed by atoms with Crippen molar-refractivity contribution in [3.05, 3.63) is 70.2 Å². The van der Waals surface area contributed by atoms with E-state index in [1.807, 2.05) is 30.3 Å². The van der Waals surface area contributed by atoms with Crippen LogP contribution in [0.4, 0.5) is 0 Å². The first-order chi connectivity index (χ1) is 7.75. The molecule has 0 saturated carbocycles. The molecule has 1 nitrogen and oxygen atoms in total. The van der Waals surface area contributed by atoms with Crippen molar-refractivity contribution in [3.8, 4) is 0 Å². The maximum absolute atomic E-state index is 6.18. The fourth-order valence-electron chi connectivity index (χ4n) is 1.72. The number of hydrogen-bond donors (Lipinski definition) is 1. The van der Waals surface area contributed by atoms with Crippen molar-refractivity contribution in [1.29, 1.82) is 0 Å². The summed E-state index contributed by atoms with van der Waals surface area (Å²) in [7, 11) is 0. The van der Waals surface area contributed by atoms with Gasteiger partial charge in [0.05, 0.1) is 0 Å². The van der Waals surface area contributed by atoms with Gasteiger partial charge in [-0.15, -0.1) is 0 Å². The lowest BCUT2D eigenvalue weighted by Gasteiger charge is -2.12. The number of rotatable bonds is 3. The first kappa shape index (κ1) is 11.4. The normalized spacial score (nSPS) is 12.4. The van der Waals surface area contributed by atoms with E-state index in [0.29, 0.717) is 0 Å². The summed E-state index contributed by atoms with van der Waals surface area (Å²) in [6, 6.07) is 18.6. The highest BCUT2D eigenvalue weighted by Crippen LogP contribution is 2.19. The second-order valence-electron chi connectivity index (χ2n) is 3.85. The van der Waals surface area contributed by atoms with Crippen LogP contribution in [-0.4, -0.2) is 0 Å². The molecule has 1 atom stereocenters. The average molecular weight is 276 g/mol. The zero-order valence-corrected chi connectivity index (χ0v) is 10.5. The fraction of sp³-hybridized carbons (Fsp3) is 0.143. The maximum atomic E-state index is 6.18. The third-order valence-electron chi connectivity index (χ3n) is 2.58. The van der Waals surface area contributed by atoms with Crippen LogP contribution < -0.4 is 5.73 Å². The predicted octanol–water partition coefficient (Wildman–Crippen LogP) is 3.69. The van der Waals surface area contributed by atoms with Crippen molar-refractivity contribution < 1.29 is 0 Å². The molecule has 0 aliphatic carbocycles. The largest absolute Gasteiger partial charge is 0.324 e. The van der Waals surface area contributed by atoms with Crippen molar-refractivity contribution in [2.24, 2.45) is 5.73 Å². The number of hydrogen-bond acceptors (Lipinski definition) is 1. The number of benzene rings is 2. The van der Waals surface area contributed by atoms with Crippen molar-refractivity contribution in [2.75, 3.05) is 0 Å². The van der Waals surface area contributed by atoms with Gasteiger partial charge < -0.3 is 5.73 Å². The molecule has 0 saturated heterocycles. The topological polar surface area (TPSA) is 26.0 Å². The lowest BCUT2D eigenvalue weighted by molar-refractivity contribution is 0.721. The fourth-order valence-corrected chi connectivity index (χ4v) is 2.14. The Labute approximate surface area is 104 Å². The van der Waals surface area contributed by atoms with Crippen LogP contribution in [0, 0.1) is 0 Å². The van der Waals surface area contributed by atoms with E-state index in [4.69, 9.17) is 5.73 Å². The monoisotopic (exact) mass is 275 g/mol. The third-order valence-corrected chi connectivity index (χ3v) is 3.07. The predicted molar refractivity (Wildman–Crippen MR) is 71.2 cm³/mol. The molecular weight excluding hydrogens is 262 g/mol. The van der Waals surface area contributed by atoms with E-state index in [9.17, 15) is 0 Å². The van der Waals surface area contributed by atoms with Gasteiger partial charge in [-0.3, -0.25) is 0 Å². The van der Waals surface area contributed by atoms with E-state index in [1.165, 1.54) is 11.1 Å². The van der Waals surface area contributed by atoms with Crippen LogP contribution in [0.5, 0.6) is 0 Å². The Kier molecular flexibility index (Phi) is 3.75. The van der Waals surface area contributed by atoms with Crippen LogP contribution in [-0.2, 0) is 6.42 Å². The molecule has 16 heavy (non-hydrogen) atoms. The second-order valence-corrected chi connectivity index (χ2v) is 4.77. The summed E-state index contributed by atoms with van der Waals surface area (Å²) >= 11 is 3.46. The van der Waals surface area contributed by atoms with Crippen LogP contribution in [0.15, 0.2) is 59.1 Å². The Balaban J connectivity index is 2.12. The van der Waals surface area contributed by atoms with Gasteiger partial charge in [-0.05, 0) is 29.7 Å². The quantitative estimate of drug-likeness (QED) is 0.909. The molecule has 0 amide bonds. The molecule has 2 rings (SSSR count). The molecule has 0 unspecified atom stereocenters. The Bertz CT molecular complexity index is 453. The lowest BCUT2D eigenvalue weighted by atomic mass is 10.00. The van der Waals surface area contributed by atoms with Crippen LogP contribution in [0.25, 0.3) is 0 Å². The van der Waals surface area contributed by atoms with Crippen LogP contribution >= 0.6 is 15.9 Å². The van der Waals surface area contributed by atoms with Gasteiger partial charge in [0.15, 0.2) is 0 Å². The zero-order chi connectivity index (χ0) is 11.4. The third kappa shape index (κ3) is 2.94. The van der Waals surface area contributed by atoms with E-state index < -0.39 is 0 Å². The minimum atomic E-state index is 0.0555. The first-order valence-electron chi connectivity index (χ1n) is 5.30. The van der Waals surface area contributed by atoms with Crippen molar-refractivity contribution in [1.82, 2.24) is 0 Å². The highest BCUT2D eigenvalue weighted by atomic mass is 79.9. The van der Waals surface area contributed by atoms with Crippen LogP contribution in [0.3, 0.4) is 0 Å². The summed E-state index contributed by atoms with van der Waals surface area (Å²) < 4.78 is 1.08. The second kappa shape index (κ2) is 5.28. The molecule has 0 aliphatic heterocycles. The standard InChI is InChI=1S/C14H14BrN/c15-13-8-4-7-12(10-13)14(16)9-11-5-2-1-3-6-11/h1-8,10,14H,9,16H2/t14-/m0/s1. The molecule has 0 bridgehead atoms. The Morgan fingerprint density at radius 2 is 1.75 bits per heavy atom. The highest BCUT2D eigenvalue weighted by Gasteiger charge is 2.06. The summed E-state index contributed by atoms with van der Waals surface area (Å²) in [5, 5.41) is 0. The smallest absolute Gasteiger partial charge is 0.0336 e. The Morgan fingerprint density at radius 1 is 1.00 bits per heavy atom. The summed E-state index contributed by atoms with van der Waals surface area (Å²) in [5.41, 5.74) is 8.61. The van der Waals surface area contributed by atoms with Gasteiger partial charge in [0.25, 0.3) is 0 Å². The molecule has 2 aromatic rings. The first-order valence-corrected chi connectivity index (χ1v) is 6.10. The molecule has 0 aromatic heterocycles. The molecule has 2 heteroatoms. The summed E-state index contributed by atoms with van der Waals surface area (Å²) in [4.78, 5) is 0. The van der Waals surface area contributed by atoms with E-state index >= 15 is 0 Å². The molecule has 0 fully saturated rings. The van der Waals surface area contributed by atoms with Gasteiger partial charge in [0, 0.05) is 10.5 Å². The SMILES string of the molecule is N[C@@H](Cc1ccccc1)c1cccc(Br)c1. The number of nitrogens with two attached hydrogens (primary N) is 1. The molecule has 0 heterocycles. The summed E-state index contributed by atoms with van der Waals surface area (Å²) in [6.45, 7) is 0. The van der Waals surface area contributed by atoms with E-state index in [2.05, 4.69) is 40.2 Å². The van der Waals surface area contributed by atoms with Gasteiger partial charge in [0.1, 0.15) is 0 Å². The van der Waals surface area contributed by atoms with Crippen LogP contribution in [0.2, 0.25) is 0 Å². The molecule has 0 spiro atoms. The minimum absolute atomic E-state index is 0.0555. The molecule has 2 aromatic carbocycles. The Hall–Kier alpha value is -1.12. The maximum Gasteiger partial charge on any atom is 0.0336 e. The van der Waals surface area contributed by atoms with E-state index in [0.717, 1.165) is 10.9 Å². The molecule has 0 aliphatic rings. The zero-order valence-electron chi connectivity index (χ0n) is 8.94. The van der Waals surface area contributed by atoms with Gasteiger partial charge >= 0.3 is 0 Å². The average Bonchev–Trinajstić information content (AvgIpc) is 2.30. The van der Waals surface area contributed by atoms with Gasteiger partial charge in [0.2, 0.25) is 0 Å². The lowest BCUT2D eigenvalue weighted by Crippen LogP contribution is -2.13. The van der Waals surface area contributed by atoms with Crippen molar-refractivity contribution in [3.63, 3.8) is 0 Å². The highest BCUT2D eigenvalue weighted by molar-refractivity contribution is 9.10. The molecule has 0 radical (unpaired) electrons. The van der Waals surface area contributed by atoms with Gasteiger partial charge in [-0.1, -0.05) is 58.4 Å². The summed E-state index contributed by atoms with van der Waals surface area (Å²) in [6.07, 6.45) is 0.872. The molecular formula is C14H14BrN. The van der Waals surface area contributed by atoms with Gasteiger partial charge in [-0.25, -0.2) is 0 Å². The van der Waals surface area contributed by atoms with E-state index in [-0.39, 0.29) is 6.04 Å². The van der Waals surface area contributed by atoms with Crippen molar-refractivity contribution in [2.45, 2.75) is 12.5 Å². The van der Waals surface area contributed by atoms with E-state index in [1.54, 1.807) is 0 Å².